The summed E-state index contributed by atoms with van der Waals surface area (Å²) >= 11 is 5.74. The summed E-state index contributed by atoms with van der Waals surface area (Å²) in [5.74, 6) is -1.53. The lowest BCUT2D eigenvalue weighted by molar-refractivity contribution is 0.0695. The first-order chi connectivity index (χ1) is 7.82. The highest BCUT2D eigenvalue weighted by molar-refractivity contribution is 6.32. The molecule has 92 valence electrons. The minimum Gasteiger partial charge on any atom is -0.478 e. The molecule has 0 aliphatic heterocycles. The zero-order valence-electron chi connectivity index (χ0n) is 9.74. The van der Waals surface area contributed by atoms with Gasteiger partial charge in [-0.25, -0.2) is 9.78 Å². The Hall–Kier alpha value is -1.62. The quantitative estimate of drug-likeness (QED) is 0.810. The molecule has 1 heterocycles. The number of hydrogen-bond acceptors (Lipinski definition) is 3. The van der Waals surface area contributed by atoms with Gasteiger partial charge in [0.1, 0.15) is 10.8 Å². The van der Waals surface area contributed by atoms with Crippen molar-refractivity contribution in [2.24, 2.45) is 0 Å². The lowest BCUT2D eigenvalue weighted by atomic mass is 10.1. The second-order valence-corrected chi connectivity index (χ2v) is 4.28. The van der Waals surface area contributed by atoms with Crippen LogP contribution in [0.2, 0.25) is 5.15 Å². The summed E-state index contributed by atoms with van der Waals surface area (Å²) in [6.45, 7) is 5.21. The number of hydrogen-bond donors (Lipinski definition) is 2. The molecule has 0 bridgehead atoms. The molecule has 1 rings (SSSR count). The van der Waals surface area contributed by atoms with Gasteiger partial charge in [0.25, 0.3) is 5.91 Å². The highest BCUT2D eigenvalue weighted by Gasteiger charge is 2.18. The Morgan fingerprint density at radius 3 is 2.47 bits per heavy atom. The van der Waals surface area contributed by atoms with Crippen LogP contribution >= 0.6 is 11.6 Å². The maximum Gasteiger partial charge on any atom is 0.339 e. The Labute approximate surface area is 104 Å². The van der Waals surface area contributed by atoms with Crippen molar-refractivity contribution < 1.29 is 14.7 Å². The molecule has 0 radical (unpaired) electrons. The van der Waals surface area contributed by atoms with Crippen LogP contribution in [-0.2, 0) is 0 Å². The van der Waals surface area contributed by atoms with Crippen molar-refractivity contribution in [3.05, 3.63) is 28.0 Å². The maximum absolute atomic E-state index is 11.7. The topological polar surface area (TPSA) is 79.3 Å². The van der Waals surface area contributed by atoms with Gasteiger partial charge in [-0.15, -0.1) is 0 Å². The Bertz CT molecular complexity index is 449. The predicted octanol–water partition coefficient (Wildman–Crippen LogP) is 1.88. The number of rotatable bonds is 3. The first-order valence-electron chi connectivity index (χ1n) is 5.04. The summed E-state index contributed by atoms with van der Waals surface area (Å²) in [6.07, 6.45) is 0. The van der Waals surface area contributed by atoms with Crippen LogP contribution in [0.15, 0.2) is 6.07 Å². The summed E-state index contributed by atoms with van der Waals surface area (Å²) in [7, 11) is 0. The van der Waals surface area contributed by atoms with Crippen LogP contribution in [0.25, 0.3) is 0 Å². The molecular weight excluding hydrogens is 244 g/mol. The lowest BCUT2D eigenvalue weighted by Gasteiger charge is -2.10. The van der Waals surface area contributed by atoms with Crippen molar-refractivity contribution in [3.63, 3.8) is 0 Å². The molecule has 6 heteroatoms. The van der Waals surface area contributed by atoms with E-state index in [0.29, 0.717) is 5.56 Å². The molecular formula is C11H13ClN2O3. The van der Waals surface area contributed by atoms with Crippen LogP contribution in [0, 0.1) is 6.92 Å². The number of amides is 1. The molecule has 0 aromatic carbocycles. The predicted molar refractivity (Wildman–Crippen MR) is 63.5 cm³/mol. The van der Waals surface area contributed by atoms with E-state index in [-0.39, 0.29) is 28.4 Å². The normalized spacial score (nSPS) is 10.4. The number of nitrogens with one attached hydrogen (secondary N) is 1. The number of aryl methyl sites for hydroxylation is 1. The standard InChI is InChI=1S/C11H13ClN2O3/c1-5(2)13-10(15)7-4-6(3)8(11(16)17)9(12)14-7/h4-5H,1-3H3,(H,13,15)(H,16,17). The number of carbonyl (C=O) groups is 2. The molecule has 1 aromatic heterocycles. The molecule has 0 fully saturated rings. The van der Waals surface area contributed by atoms with E-state index in [1.54, 1.807) is 6.92 Å². The molecule has 0 aliphatic carbocycles. The third-order valence-electron chi connectivity index (χ3n) is 2.04. The fourth-order valence-corrected chi connectivity index (χ4v) is 1.66. The maximum atomic E-state index is 11.7. The second kappa shape index (κ2) is 5.14. The molecule has 0 aliphatic rings. The van der Waals surface area contributed by atoms with Crippen LogP contribution in [-0.4, -0.2) is 28.0 Å². The van der Waals surface area contributed by atoms with Gasteiger partial charge in [-0.05, 0) is 32.4 Å². The van der Waals surface area contributed by atoms with E-state index >= 15 is 0 Å². The van der Waals surface area contributed by atoms with Gasteiger partial charge >= 0.3 is 5.97 Å². The monoisotopic (exact) mass is 256 g/mol. The van der Waals surface area contributed by atoms with Crippen LogP contribution in [0.1, 0.15) is 40.3 Å². The minimum atomic E-state index is -1.16. The molecule has 2 N–H and O–H groups in total. The van der Waals surface area contributed by atoms with Crippen molar-refractivity contribution in [1.82, 2.24) is 10.3 Å². The zero-order chi connectivity index (χ0) is 13.2. The van der Waals surface area contributed by atoms with Gasteiger partial charge in [0, 0.05) is 6.04 Å². The third kappa shape index (κ3) is 3.17. The number of carbonyl (C=O) groups excluding carboxylic acids is 1. The third-order valence-corrected chi connectivity index (χ3v) is 2.31. The molecule has 5 nitrogen and oxygen atoms in total. The van der Waals surface area contributed by atoms with Gasteiger partial charge in [0.15, 0.2) is 0 Å². The van der Waals surface area contributed by atoms with E-state index < -0.39 is 5.97 Å². The Balaban J connectivity index is 3.14. The number of pyridine rings is 1. The lowest BCUT2D eigenvalue weighted by Crippen LogP contribution is -2.31. The number of carboxylic acid groups (broad SMARTS) is 1. The van der Waals surface area contributed by atoms with Crippen molar-refractivity contribution in [3.8, 4) is 0 Å². The molecule has 1 amide bonds. The number of aromatic carboxylic acids is 1. The van der Waals surface area contributed by atoms with Gasteiger partial charge in [-0.1, -0.05) is 11.6 Å². The molecule has 0 spiro atoms. The van der Waals surface area contributed by atoms with E-state index in [0.717, 1.165) is 0 Å². The average Bonchev–Trinajstić information content (AvgIpc) is 2.14. The van der Waals surface area contributed by atoms with Crippen molar-refractivity contribution in [2.75, 3.05) is 0 Å². The zero-order valence-corrected chi connectivity index (χ0v) is 10.5. The average molecular weight is 257 g/mol. The van der Waals surface area contributed by atoms with Gasteiger partial charge in [-0.3, -0.25) is 4.79 Å². The van der Waals surface area contributed by atoms with Gasteiger partial charge < -0.3 is 10.4 Å². The van der Waals surface area contributed by atoms with Gasteiger partial charge in [0.2, 0.25) is 0 Å². The van der Waals surface area contributed by atoms with Crippen LogP contribution < -0.4 is 5.32 Å². The first-order valence-corrected chi connectivity index (χ1v) is 5.42. The second-order valence-electron chi connectivity index (χ2n) is 3.92. The van der Waals surface area contributed by atoms with Crippen molar-refractivity contribution in [1.29, 1.82) is 0 Å². The highest BCUT2D eigenvalue weighted by atomic mass is 35.5. The van der Waals surface area contributed by atoms with Gasteiger partial charge in [-0.2, -0.15) is 0 Å². The van der Waals surface area contributed by atoms with E-state index in [1.807, 2.05) is 13.8 Å². The summed E-state index contributed by atoms with van der Waals surface area (Å²) in [5.41, 5.74) is 0.449. The van der Waals surface area contributed by atoms with Crippen LogP contribution in [0.3, 0.4) is 0 Å². The van der Waals surface area contributed by atoms with E-state index in [4.69, 9.17) is 16.7 Å². The highest BCUT2D eigenvalue weighted by Crippen LogP contribution is 2.18. The molecule has 0 atom stereocenters. The number of carboxylic acids is 1. The molecule has 1 aromatic rings. The summed E-state index contributed by atoms with van der Waals surface area (Å²) in [5, 5.41) is 11.4. The smallest absolute Gasteiger partial charge is 0.339 e. The molecule has 0 unspecified atom stereocenters. The molecule has 17 heavy (non-hydrogen) atoms. The van der Waals surface area contributed by atoms with Crippen molar-refractivity contribution >= 4 is 23.5 Å². The van der Waals surface area contributed by atoms with Crippen LogP contribution in [0.5, 0.6) is 0 Å². The first kappa shape index (κ1) is 13.4. The fourth-order valence-electron chi connectivity index (χ4n) is 1.34. The molecule has 0 saturated carbocycles. The van der Waals surface area contributed by atoms with E-state index in [1.165, 1.54) is 6.07 Å². The fraction of sp³-hybridized carbons (Fsp3) is 0.364. The molecule has 0 saturated heterocycles. The largest absolute Gasteiger partial charge is 0.478 e. The Morgan fingerprint density at radius 1 is 1.47 bits per heavy atom. The summed E-state index contributed by atoms with van der Waals surface area (Å²) in [6, 6.07) is 1.38. The van der Waals surface area contributed by atoms with Gasteiger partial charge in [0.05, 0.1) is 5.56 Å². The van der Waals surface area contributed by atoms with Crippen LogP contribution in [0.4, 0.5) is 0 Å². The minimum absolute atomic E-state index is 0.0254. The number of halogens is 1. The number of aromatic nitrogens is 1. The Kier molecular flexibility index (Phi) is 4.07. The summed E-state index contributed by atoms with van der Waals surface area (Å²) < 4.78 is 0. The summed E-state index contributed by atoms with van der Waals surface area (Å²) in [4.78, 5) is 26.3. The number of nitrogens with zero attached hydrogens (tertiary/aromatic N) is 1. The van der Waals surface area contributed by atoms with Crippen molar-refractivity contribution in [2.45, 2.75) is 26.8 Å². The SMILES string of the molecule is Cc1cc(C(=O)NC(C)C)nc(Cl)c1C(=O)O. The van der Waals surface area contributed by atoms with E-state index in [9.17, 15) is 9.59 Å². The van der Waals surface area contributed by atoms with E-state index in [2.05, 4.69) is 10.3 Å². The Morgan fingerprint density at radius 2 is 2.06 bits per heavy atom.